The number of nitrogens with zero attached hydrogens (tertiary/aromatic N) is 5. The van der Waals surface area contributed by atoms with Crippen molar-refractivity contribution in [3.8, 4) is 5.75 Å². The van der Waals surface area contributed by atoms with E-state index < -0.39 is 0 Å². The van der Waals surface area contributed by atoms with Crippen molar-refractivity contribution in [2.45, 2.75) is 18.9 Å². The summed E-state index contributed by atoms with van der Waals surface area (Å²) in [7, 11) is 3.89. The molecule has 4 N–H and O–H groups in total. The molecule has 196 valence electrons. The first kappa shape index (κ1) is 25.4. The van der Waals surface area contributed by atoms with Crippen LogP contribution in [-0.4, -0.2) is 79.2 Å². The van der Waals surface area contributed by atoms with Crippen LogP contribution in [0, 0.1) is 0 Å². The van der Waals surface area contributed by atoms with Gasteiger partial charge in [0.25, 0.3) is 0 Å². The molecule has 0 saturated carbocycles. The van der Waals surface area contributed by atoms with Gasteiger partial charge in [0.2, 0.25) is 5.95 Å². The van der Waals surface area contributed by atoms with Gasteiger partial charge in [0.1, 0.15) is 10.8 Å². The second kappa shape index (κ2) is 11.4. The van der Waals surface area contributed by atoms with Crippen molar-refractivity contribution in [2.75, 3.05) is 74.7 Å². The molecule has 0 bridgehead atoms. The highest BCUT2D eigenvalue weighted by molar-refractivity contribution is 6.33. The topological polar surface area (TPSA) is 94.8 Å². The zero-order chi connectivity index (χ0) is 25.8. The fourth-order valence-electron chi connectivity index (χ4n) is 5.03. The molecule has 10 heteroatoms. The normalized spacial score (nSPS) is 17.5. The number of likely N-dealkylation sites (N-methyl/N-ethyl adjacent to an activating group) is 1. The van der Waals surface area contributed by atoms with Crippen LogP contribution in [0.2, 0.25) is 5.02 Å². The Morgan fingerprint density at radius 2 is 1.73 bits per heavy atom. The van der Waals surface area contributed by atoms with Gasteiger partial charge in [0.15, 0.2) is 5.82 Å². The van der Waals surface area contributed by atoms with E-state index >= 15 is 0 Å². The van der Waals surface area contributed by atoms with Crippen LogP contribution in [0.15, 0.2) is 48.7 Å². The van der Waals surface area contributed by atoms with Gasteiger partial charge in [-0.05, 0) is 44.2 Å². The van der Waals surface area contributed by atoms with E-state index in [1.165, 1.54) is 39.0 Å². The molecule has 9 nitrogen and oxygen atoms in total. The van der Waals surface area contributed by atoms with Crippen LogP contribution in [-0.2, 0) is 0 Å². The molecule has 37 heavy (non-hydrogen) atoms. The van der Waals surface area contributed by atoms with Crippen LogP contribution in [0.3, 0.4) is 0 Å². The Balaban J connectivity index is 1.25. The van der Waals surface area contributed by atoms with Crippen molar-refractivity contribution in [2.24, 2.45) is 0 Å². The smallest absolute Gasteiger partial charge is 0.229 e. The summed E-state index contributed by atoms with van der Waals surface area (Å²) in [5, 5.41) is 6.85. The van der Waals surface area contributed by atoms with E-state index in [4.69, 9.17) is 22.1 Å². The molecule has 2 aliphatic heterocycles. The Kier molecular flexibility index (Phi) is 7.83. The Morgan fingerprint density at radius 3 is 2.46 bits per heavy atom. The lowest BCUT2D eigenvalue weighted by atomic mass is 10.0. The van der Waals surface area contributed by atoms with Crippen LogP contribution < -0.4 is 26.0 Å². The van der Waals surface area contributed by atoms with Crippen molar-refractivity contribution < 1.29 is 4.74 Å². The number of methoxy groups -OCH3 is 1. The summed E-state index contributed by atoms with van der Waals surface area (Å²) in [6, 6.07) is 14.4. The standard InChI is InChI=1S/C27H35ClN8O/c1-34-13-15-36(16-14-34)19-9-11-35(12-10-19)20-7-8-24(25(17-20)37-2)32-27-30-18-21(28)26(33-27)31-23-6-4-3-5-22(23)29/h3-8,17-19H,9-16,29H2,1-2H3,(H2,30,31,32,33). The van der Waals surface area contributed by atoms with Gasteiger partial charge in [0, 0.05) is 57.1 Å². The number of nitrogens with two attached hydrogens (primary N) is 1. The van der Waals surface area contributed by atoms with Gasteiger partial charge < -0.3 is 30.9 Å². The van der Waals surface area contributed by atoms with Crippen LogP contribution in [0.25, 0.3) is 0 Å². The highest BCUT2D eigenvalue weighted by atomic mass is 35.5. The molecule has 0 radical (unpaired) electrons. The van der Waals surface area contributed by atoms with Gasteiger partial charge in [0.05, 0.1) is 30.4 Å². The number of piperidine rings is 1. The van der Waals surface area contributed by atoms with E-state index in [2.05, 4.69) is 54.5 Å². The van der Waals surface area contributed by atoms with Crippen molar-refractivity contribution >= 4 is 46.1 Å². The number of piperazine rings is 1. The SMILES string of the molecule is COc1cc(N2CCC(N3CCN(C)CC3)CC2)ccc1Nc1ncc(Cl)c(Nc2ccccc2N)n1. The fourth-order valence-corrected chi connectivity index (χ4v) is 5.17. The summed E-state index contributed by atoms with van der Waals surface area (Å²) >= 11 is 6.34. The largest absolute Gasteiger partial charge is 0.494 e. The zero-order valence-corrected chi connectivity index (χ0v) is 22.2. The number of ether oxygens (including phenoxy) is 1. The Labute approximate surface area is 223 Å². The molecule has 3 aromatic rings. The number of halogens is 1. The minimum absolute atomic E-state index is 0.399. The Bertz CT molecular complexity index is 1210. The van der Waals surface area contributed by atoms with Gasteiger partial charge in [-0.2, -0.15) is 4.98 Å². The summed E-state index contributed by atoms with van der Waals surface area (Å²) in [6.07, 6.45) is 3.93. The molecular weight excluding hydrogens is 488 g/mol. The number of hydrogen-bond acceptors (Lipinski definition) is 9. The monoisotopic (exact) mass is 522 g/mol. The molecule has 2 aromatic carbocycles. The minimum atomic E-state index is 0.399. The quantitative estimate of drug-likeness (QED) is 0.389. The molecule has 0 amide bonds. The van der Waals surface area contributed by atoms with Crippen LogP contribution in [0.5, 0.6) is 5.75 Å². The lowest BCUT2D eigenvalue weighted by Crippen LogP contribution is -2.52. The van der Waals surface area contributed by atoms with Crippen LogP contribution in [0.4, 0.5) is 34.5 Å². The van der Waals surface area contributed by atoms with Crippen LogP contribution >= 0.6 is 11.6 Å². The van der Waals surface area contributed by atoms with Crippen molar-refractivity contribution in [3.63, 3.8) is 0 Å². The lowest BCUT2D eigenvalue weighted by molar-refractivity contribution is 0.0982. The molecule has 0 spiro atoms. The first-order chi connectivity index (χ1) is 18.0. The number of rotatable bonds is 7. The van der Waals surface area contributed by atoms with Crippen molar-refractivity contribution in [1.29, 1.82) is 0 Å². The van der Waals surface area contributed by atoms with E-state index in [0.717, 1.165) is 35.9 Å². The minimum Gasteiger partial charge on any atom is -0.494 e. The van der Waals surface area contributed by atoms with Gasteiger partial charge in [-0.3, -0.25) is 4.90 Å². The van der Waals surface area contributed by atoms with Gasteiger partial charge in [-0.1, -0.05) is 23.7 Å². The van der Waals surface area contributed by atoms with Crippen LogP contribution in [0.1, 0.15) is 12.8 Å². The Hall–Kier alpha value is -3.27. The summed E-state index contributed by atoms with van der Waals surface area (Å²) in [4.78, 5) is 16.4. The molecule has 2 aliphatic rings. The third-order valence-electron chi connectivity index (χ3n) is 7.27. The van der Waals surface area contributed by atoms with E-state index in [-0.39, 0.29) is 0 Å². The molecule has 2 saturated heterocycles. The third-order valence-corrected chi connectivity index (χ3v) is 7.55. The predicted molar refractivity (Wildman–Crippen MR) is 152 cm³/mol. The van der Waals surface area contributed by atoms with Gasteiger partial charge >= 0.3 is 0 Å². The molecule has 0 unspecified atom stereocenters. The average molecular weight is 523 g/mol. The summed E-state index contributed by atoms with van der Waals surface area (Å²) in [6.45, 7) is 6.79. The Morgan fingerprint density at radius 1 is 0.973 bits per heavy atom. The molecular formula is C27H35ClN8O. The summed E-state index contributed by atoms with van der Waals surface area (Å²) in [5.74, 6) is 1.61. The average Bonchev–Trinajstić information content (AvgIpc) is 2.92. The molecule has 5 rings (SSSR count). The second-order valence-corrected chi connectivity index (χ2v) is 10.1. The molecule has 3 heterocycles. The number of aromatic nitrogens is 2. The molecule has 0 atom stereocenters. The van der Waals surface area contributed by atoms with E-state index in [1.807, 2.05) is 30.3 Å². The van der Waals surface area contributed by atoms with E-state index in [9.17, 15) is 0 Å². The zero-order valence-electron chi connectivity index (χ0n) is 21.5. The number of anilines is 6. The number of nitrogen functional groups attached to an aromatic ring is 1. The fraction of sp³-hybridized carbons (Fsp3) is 0.407. The second-order valence-electron chi connectivity index (χ2n) is 9.67. The number of nitrogens with one attached hydrogen (secondary N) is 2. The molecule has 2 fully saturated rings. The first-order valence-corrected chi connectivity index (χ1v) is 13.1. The van der Waals surface area contributed by atoms with Gasteiger partial charge in [-0.25, -0.2) is 4.98 Å². The first-order valence-electron chi connectivity index (χ1n) is 12.8. The predicted octanol–water partition coefficient (Wildman–Crippen LogP) is 4.42. The summed E-state index contributed by atoms with van der Waals surface area (Å²) in [5.41, 5.74) is 9.34. The van der Waals surface area contributed by atoms with E-state index in [1.54, 1.807) is 13.3 Å². The molecule has 1 aromatic heterocycles. The van der Waals surface area contributed by atoms with Crippen molar-refractivity contribution in [3.05, 3.63) is 53.7 Å². The lowest BCUT2D eigenvalue weighted by Gasteiger charge is -2.42. The number of para-hydroxylation sites is 2. The van der Waals surface area contributed by atoms with Gasteiger partial charge in [-0.15, -0.1) is 0 Å². The van der Waals surface area contributed by atoms with Crippen molar-refractivity contribution in [1.82, 2.24) is 19.8 Å². The summed E-state index contributed by atoms with van der Waals surface area (Å²) < 4.78 is 5.72. The van der Waals surface area contributed by atoms with E-state index in [0.29, 0.717) is 28.5 Å². The highest BCUT2D eigenvalue weighted by Gasteiger charge is 2.27. The maximum Gasteiger partial charge on any atom is 0.229 e. The number of hydrogen-bond donors (Lipinski definition) is 3. The maximum absolute atomic E-state index is 6.34. The molecule has 0 aliphatic carbocycles. The maximum atomic E-state index is 6.34. The number of benzene rings is 2. The highest BCUT2D eigenvalue weighted by Crippen LogP contribution is 2.34. The third kappa shape index (κ3) is 6.01.